The van der Waals surface area contributed by atoms with Gasteiger partial charge in [0.05, 0.1) is 6.10 Å². The van der Waals surface area contributed by atoms with Gasteiger partial charge in [-0.05, 0) is 97.5 Å². The largest absolute Gasteiger partial charge is 0.393 e. The van der Waals surface area contributed by atoms with E-state index in [1.54, 1.807) is 12.1 Å². The van der Waals surface area contributed by atoms with E-state index in [2.05, 4.69) is 19.9 Å². The summed E-state index contributed by atoms with van der Waals surface area (Å²) in [6.45, 7) is 4.60. The molecule has 0 spiro atoms. The van der Waals surface area contributed by atoms with Crippen molar-refractivity contribution in [1.82, 2.24) is 0 Å². The zero-order valence-electron chi connectivity index (χ0n) is 17.5. The number of ketones is 1. The van der Waals surface area contributed by atoms with Crippen molar-refractivity contribution in [3.63, 3.8) is 0 Å². The lowest BCUT2D eigenvalue weighted by atomic mass is 9.48. The molecule has 0 heterocycles. The molecule has 0 aromatic heterocycles. The third-order valence-electron chi connectivity index (χ3n) is 8.93. The second kappa shape index (κ2) is 6.63. The Morgan fingerprint density at radius 1 is 1.03 bits per heavy atom. The topological polar surface area (TPSA) is 37.3 Å². The van der Waals surface area contributed by atoms with E-state index in [1.807, 2.05) is 6.08 Å². The van der Waals surface area contributed by atoms with Gasteiger partial charge in [-0.25, -0.2) is 4.39 Å². The number of rotatable bonds is 1. The molecule has 0 saturated heterocycles. The summed E-state index contributed by atoms with van der Waals surface area (Å²) in [5.74, 6) is 1.61. The Labute approximate surface area is 172 Å². The number of aliphatic hydroxyl groups excluding tert-OH is 1. The van der Waals surface area contributed by atoms with Gasteiger partial charge in [-0.3, -0.25) is 4.79 Å². The first kappa shape index (κ1) is 19.2. The minimum absolute atomic E-state index is 0.182. The van der Waals surface area contributed by atoms with Crippen LogP contribution >= 0.6 is 0 Å². The monoisotopic (exact) mass is 394 g/mol. The quantitative estimate of drug-likeness (QED) is 0.489. The van der Waals surface area contributed by atoms with Crippen LogP contribution in [0.15, 0.2) is 41.5 Å². The lowest BCUT2D eigenvalue weighted by molar-refractivity contribution is -0.130. The molecule has 0 bridgehead atoms. The first-order valence-electron chi connectivity index (χ1n) is 11.2. The molecule has 4 aliphatic rings. The molecule has 154 valence electrons. The van der Waals surface area contributed by atoms with Crippen molar-refractivity contribution in [2.75, 3.05) is 0 Å². The maximum atomic E-state index is 13.4. The summed E-state index contributed by atoms with van der Waals surface area (Å²) >= 11 is 0. The number of aliphatic hydroxyl groups is 1. The smallest absolute Gasteiger partial charge is 0.165 e. The average molecular weight is 395 g/mol. The molecule has 0 unspecified atom stereocenters. The number of hydrogen-bond donors (Lipinski definition) is 1. The van der Waals surface area contributed by atoms with E-state index in [-0.39, 0.29) is 22.8 Å². The second-order valence-electron chi connectivity index (χ2n) is 10.4. The van der Waals surface area contributed by atoms with Crippen LogP contribution in [-0.4, -0.2) is 17.0 Å². The van der Waals surface area contributed by atoms with E-state index < -0.39 is 0 Å². The highest BCUT2D eigenvalue weighted by atomic mass is 19.1. The van der Waals surface area contributed by atoms with Gasteiger partial charge < -0.3 is 5.11 Å². The lowest BCUT2D eigenvalue weighted by Gasteiger charge is -2.56. The Morgan fingerprint density at radius 3 is 2.52 bits per heavy atom. The summed E-state index contributed by atoms with van der Waals surface area (Å²) in [7, 11) is 0. The van der Waals surface area contributed by atoms with Crippen LogP contribution in [0.3, 0.4) is 0 Å². The van der Waals surface area contributed by atoms with E-state index in [0.29, 0.717) is 23.5 Å². The molecule has 2 nitrogen and oxygen atoms in total. The van der Waals surface area contributed by atoms with Crippen LogP contribution in [0.5, 0.6) is 0 Å². The molecule has 3 heteroatoms. The van der Waals surface area contributed by atoms with Crippen LogP contribution in [0.4, 0.5) is 4.39 Å². The minimum atomic E-state index is -0.261. The van der Waals surface area contributed by atoms with Gasteiger partial charge in [0.25, 0.3) is 0 Å². The van der Waals surface area contributed by atoms with Crippen LogP contribution in [0.25, 0.3) is 6.08 Å². The van der Waals surface area contributed by atoms with Gasteiger partial charge in [0.1, 0.15) is 5.82 Å². The van der Waals surface area contributed by atoms with Crippen molar-refractivity contribution in [3.8, 4) is 0 Å². The Bertz CT molecular complexity index is 898. The number of Topliss-reactive ketones (excluding diaryl/α,β-unsaturated/α-hetero) is 1. The number of allylic oxidation sites excluding steroid dienone is 2. The lowest BCUT2D eigenvalue weighted by Crippen LogP contribution is -2.50. The number of carbonyl (C=O) groups excluding carboxylic acids is 1. The molecule has 5 rings (SSSR count). The summed E-state index contributed by atoms with van der Waals surface area (Å²) in [6.07, 6.45) is 11.0. The summed E-state index contributed by atoms with van der Waals surface area (Å²) in [4.78, 5) is 13.4. The molecule has 4 aliphatic carbocycles. The Hall–Kier alpha value is -1.74. The van der Waals surface area contributed by atoms with E-state index in [9.17, 15) is 14.3 Å². The van der Waals surface area contributed by atoms with Gasteiger partial charge in [-0.1, -0.05) is 37.6 Å². The molecule has 1 N–H and O–H groups in total. The fourth-order valence-corrected chi connectivity index (χ4v) is 7.20. The van der Waals surface area contributed by atoms with Crippen molar-refractivity contribution in [3.05, 3.63) is 52.9 Å². The molecular weight excluding hydrogens is 363 g/mol. The highest BCUT2D eigenvalue weighted by molar-refractivity contribution is 6.05. The van der Waals surface area contributed by atoms with Crippen LogP contribution in [0, 0.1) is 34.4 Å². The molecular formula is C26H31FO2. The third-order valence-corrected chi connectivity index (χ3v) is 8.93. The van der Waals surface area contributed by atoms with Crippen LogP contribution in [0.2, 0.25) is 0 Å². The summed E-state index contributed by atoms with van der Waals surface area (Å²) in [6, 6.07) is 6.43. The first-order valence-corrected chi connectivity index (χ1v) is 11.2. The number of hydrogen-bond acceptors (Lipinski definition) is 2. The zero-order valence-corrected chi connectivity index (χ0v) is 17.5. The summed E-state index contributed by atoms with van der Waals surface area (Å²) < 4.78 is 13.3. The van der Waals surface area contributed by atoms with Crippen molar-refractivity contribution >= 4 is 11.9 Å². The number of benzene rings is 1. The van der Waals surface area contributed by atoms with Gasteiger partial charge in [0.2, 0.25) is 0 Å². The highest BCUT2D eigenvalue weighted by Gasteiger charge is 2.59. The van der Waals surface area contributed by atoms with E-state index in [0.717, 1.165) is 56.1 Å². The maximum absolute atomic E-state index is 13.4. The Kier molecular flexibility index (Phi) is 4.40. The summed E-state index contributed by atoms with van der Waals surface area (Å²) in [5.41, 5.74) is 3.22. The third kappa shape index (κ3) is 2.88. The van der Waals surface area contributed by atoms with Crippen molar-refractivity contribution in [2.45, 2.75) is 64.9 Å². The standard InChI is InChI=1S/C26H31FO2/c1-25-11-9-20(28)15-18(25)5-8-21-22(25)10-12-26(2)23(21)14-17(24(26)29)13-16-3-6-19(27)7-4-16/h3-7,13,20-23,28H,8-12,14-15H2,1-2H3/b17-13+/t20-,21+,22-,23-,25+,26+/m1/s1. The molecule has 6 atom stereocenters. The molecule has 0 radical (unpaired) electrons. The van der Waals surface area contributed by atoms with Crippen LogP contribution in [0.1, 0.15) is 64.4 Å². The fraction of sp³-hybridized carbons (Fsp3) is 0.577. The van der Waals surface area contributed by atoms with Crippen molar-refractivity contribution in [1.29, 1.82) is 0 Å². The van der Waals surface area contributed by atoms with E-state index >= 15 is 0 Å². The molecule has 0 aliphatic heterocycles. The van der Waals surface area contributed by atoms with Gasteiger partial charge in [-0.2, -0.15) is 0 Å². The Morgan fingerprint density at radius 2 is 1.76 bits per heavy atom. The number of fused-ring (bicyclic) bond motifs is 5. The predicted octanol–water partition coefficient (Wildman–Crippen LogP) is 5.71. The van der Waals surface area contributed by atoms with Gasteiger partial charge >= 0.3 is 0 Å². The van der Waals surface area contributed by atoms with E-state index in [4.69, 9.17) is 0 Å². The maximum Gasteiger partial charge on any atom is 0.165 e. The second-order valence-corrected chi connectivity index (χ2v) is 10.4. The predicted molar refractivity (Wildman–Crippen MR) is 112 cm³/mol. The Balaban J connectivity index is 1.47. The summed E-state index contributed by atoms with van der Waals surface area (Å²) in [5, 5.41) is 10.2. The molecule has 0 amide bonds. The molecule has 3 saturated carbocycles. The number of halogens is 1. The van der Waals surface area contributed by atoms with Crippen LogP contribution < -0.4 is 0 Å². The van der Waals surface area contributed by atoms with Crippen molar-refractivity contribution in [2.24, 2.45) is 28.6 Å². The highest BCUT2D eigenvalue weighted by Crippen LogP contribution is 2.64. The molecule has 1 aromatic carbocycles. The van der Waals surface area contributed by atoms with Gasteiger partial charge in [0, 0.05) is 5.41 Å². The SMILES string of the molecule is C[C@]12CC[C@@H](O)CC1=CC[C@H]1[C@H]2CC[C@]2(C)C(=O)/C(=C/c3ccc(F)cc3)C[C@H]12. The average Bonchev–Trinajstić information content (AvgIpc) is 2.95. The normalized spacial score (nSPS) is 42.8. The molecule has 3 fully saturated rings. The fourth-order valence-electron chi connectivity index (χ4n) is 7.20. The zero-order chi connectivity index (χ0) is 20.4. The molecule has 29 heavy (non-hydrogen) atoms. The minimum Gasteiger partial charge on any atom is -0.393 e. The molecule has 1 aromatic rings. The van der Waals surface area contributed by atoms with Crippen LogP contribution in [-0.2, 0) is 4.79 Å². The van der Waals surface area contributed by atoms with Crippen molar-refractivity contribution < 1.29 is 14.3 Å². The van der Waals surface area contributed by atoms with Gasteiger partial charge in [-0.15, -0.1) is 0 Å². The van der Waals surface area contributed by atoms with Gasteiger partial charge in [0.15, 0.2) is 5.78 Å². The number of carbonyl (C=O) groups is 1. The first-order chi connectivity index (χ1) is 13.8. The van der Waals surface area contributed by atoms with E-state index in [1.165, 1.54) is 17.7 Å².